The third kappa shape index (κ3) is 4.02. The second-order valence-corrected chi connectivity index (χ2v) is 4.13. The fraction of sp³-hybridized carbons (Fsp3) is 0.538. The van der Waals surface area contributed by atoms with Gasteiger partial charge in [0.25, 0.3) is 0 Å². The molecule has 15 heavy (non-hydrogen) atoms. The highest BCUT2D eigenvalue weighted by atomic mass is 16.3. The van der Waals surface area contributed by atoms with Crippen LogP contribution in [-0.4, -0.2) is 17.8 Å². The lowest BCUT2D eigenvalue weighted by molar-refractivity contribution is 0.185. The highest BCUT2D eigenvalue weighted by Crippen LogP contribution is 2.16. The molecule has 0 unspecified atom stereocenters. The molecule has 0 aliphatic rings. The van der Waals surface area contributed by atoms with Crippen LogP contribution in [0.2, 0.25) is 0 Å². The Morgan fingerprint density at radius 2 is 1.87 bits per heavy atom. The lowest BCUT2D eigenvalue weighted by Gasteiger charge is -2.18. The van der Waals surface area contributed by atoms with Gasteiger partial charge >= 0.3 is 0 Å². The van der Waals surface area contributed by atoms with E-state index in [4.69, 9.17) is 0 Å². The number of rotatable bonds is 5. The van der Waals surface area contributed by atoms with Gasteiger partial charge in [-0.3, -0.25) is 0 Å². The molecule has 1 aromatic rings. The number of benzene rings is 1. The summed E-state index contributed by atoms with van der Waals surface area (Å²) in [6.07, 6.45) is 0.750. The van der Waals surface area contributed by atoms with Crippen molar-refractivity contribution in [1.29, 1.82) is 0 Å². The van der Waals surface area contributed by atoms with Gasteiger partial charge in [0.05, 0.1) is 6.10 Å². The zero-order valence-electron chi connectivity index (χ0n) is 9.83. The van der Waals surface area contributed by atoms with Gasteiger partial charge in [0.15, 0.2) is 0 Å². The zero-order valence-corrected chi connectivity index (χ0v) is 9.83. The van der Waals surface area contributed by atoms with Crippen molar-refractivity contribution in [2.24, 2.45) is 0 Å². The molecular weight excluding hydrogens is 186 g/mol. The second kappa shape index (κ2) is 5.89. The summed E-state index contributed by atoms with van der Waals surface area (Å²) in [7, 11) is 0. The molecule has 1 aromatic carbocycles. The Balaban J connectivity index is 2.61. The van der Waals surface area contributed by atoms with Crippen molar-refractivity contribution < 1.29 is 5.11 Å². The van der Waals surface area contributed by atoms with Crippen molar-refractivity contribution >= 4 is 0 Å². The first kappa shape index (κ1) is 12.2. The van der Waals surface area contributed by atoms with E-state index in [1.54, 1.807) is 6.92 Å². The average molecular weight is 207 g/mol. The summed E-state index contributed by atoms with van der Waals surface area (Å²) >= 11 is 0. The van der Waals surface area contributed by atoms with Gasteiger partial charge < -0.3 is 10.4 Å². The maximum Gasteiger partial charge on any atom is 0.0636 e. The van der Waals surface area contributed by atoms with Crippen molar-refractivity contribution in [2.75, 3.05) is 6.54 Å². The summed E-state index contributed by atoms with van der Waals surface area (Å²) in [5.74, 6) is 0. The summed E-state index contributed by atoms with van der Waals surface area (Å²) in [6.45, 7) is 6.69. The molecule has 0 heterocycles. The summed E-state index contributed by atoms with van der Waals surface area (Å²) in [4.78, 5) is 0. The molecule has 0 spiro atoms. The molecule has 84 valence electrons. The van der Waals surface area contributed by atoms with Gasteiger partial charge in [-0.1, -0.05) is 36.8 Å². The van der Waals surface area contributed by atoms with Crippen molar-refractivity contribution in [2.45, 2.75) is 39.3 Å². The van der Waals surface area contributed by atoms with Gasteiger partial charge in [0, 0.05) is 12.6 Å². The van der Waals surface area contributed by atoms with E-state index in [1.165, 1.54) is 11.1 Å². The second-order valence-electron chi connectivity index (χ2n) is 4.13. The number of aryl methyl sites for hydroxylation is 1. The minimum Gasteiger partial charge on any atom is -0.392 e. The van der Waals surface area contributed by atoms with E-state index in [-0.39, 0.29) is 6.10 Å². The molecule has 0 bridgehead atoms. The Morgan fingerprint density at radius 1 is 1.27 bits per heavy atom. The molecule has 0 aliphatic carbocycles. The van der Waals surface area contributed by atoms with Crippen molar-refractivity contribution in [3.8, 4) is 0 Å². The van der Waals surface area contributed by atoms with Crippen LogP contribution in [0.4, 0.5) is 0 Å². The fourth-order valence-corrected chi connectivity index (χ4v) is 1.61. The molecular formula is C13H21NO. The molecule has 2 nitrogen and oxygen atoms in total. The topological polar surface area (TPSA) is 32.3 Å². The Kier molecular flexibility index (Phi) is 4.79. The molecule has 0 saturated heterocycles. The monoisotopic (exact) mass is 207 g/mol. The highest BCUT2D eigenvalue weighted by Gasteiger charge is 2.08. The molecule has 2 atom stereocenters. The Bertz CT molecular complexity index is 279. The quantitative estimate of drug-likeness (QED) is 0.777. The minimum atomic E-state index is -0.288. The number of hydrogen-bond acceptors (Lipinski definition) is 2. The summed E-state index contributed by atoms with van der Waals surface area (Å²) in [5.41, 5.74) is 2.58. The van der Waals surface area contributed by atoms with E-state index < -0.39 is 0 Å². The smallest absolute Gasteiger partial charge is 0.0636 e. The van der Waals surface area contributed by atoms with Gasteiger partial charge in [-0.15, -0.1) is 0 Å². The molecule has 0 radical (unpaired) electrons. The molecule has 0 aromatic heterocycles. The first-order chi connectivity index (χ1) is 7.13. The van der Waals surface area contributed by atoms with E-state index in [9.17, 15) is 5.11 Å². The van der Waals surface area contributed by atoms with E-state index >= 15 is 0 Å². The summed E-state index contributed by atoms with van der Waals surface area (Å²) < 4.78 is 0. The van der Waals surface area contributed by atoms with E-state index in [0.29, 0.717) is 12.6 Å². The van der Waals surface area contributed by atoms with Crippen LogP contribution in [0.15, 0.2) is 24.3 Å². The Hall–Kier alpha value is -0.860. The van der Waals surface area contributed by atoms with Gasteiger partial charge in [-0.05, 0) is 25.8 Å². The minimum absolute atomic E-state index is 0.288. The van der Waals surface area contributed by atoms with Crippen LogP contribution in [0.25, 0.3) is 0 Å². The largest absolute Gasteiger partial charge is 0.392 e. The predicted molar refractivity (Wildman–Crippen MR) is 63.9 cm³/mol. The molecule has 0 aliphatic heterocycles. The predicted octanol–water partition coefficient (Wildman–Crippen LogP) is 2.42. The van der Waals surface area contributed by atoms with Crippen LogP contribution < -0.4 is 5.32 Å². The van der Waals surface area contributed by atoms with Crippen molar-refractivity contribution in [1.82, 2.24) is 5.32 Å². The SMILES string of the molecule is CC[C@H](NC[C@H](C)O)c1ccc(C)cc1. The van der Waals surface area contributed by atoms with Crippen molar-refractivity contribution in [3.05, 3.63) is 35.4 Å². The fourth-order valence-electron chi connectivity index (χ4n) is 1.61. The zero-order chi connectivity index (χ0) is 11.3. The van der Waals surface area contributed by atoms with Gasteiger partial charge in [-0.2, -0.15) is 0 Å². The van der Waals surface area contributed by atoms with E-state index in [2.05, 4.69) is 43.4 Å². The van der Waals surface area contributed by atoms with E-state index in [1.807, 2.05) is 0 Å². The third-order valence-corrected chi connectivity index (χ3v) is 2.55. The maximum atomic E-state index is 9.23. The van der Waals surface area contributed by atoms with Crippen LogP contribution in [0, 0.1) is 6.92 Å². The molecule has 0 fully saturated rings. The van der Waals surface area contributed by atoms with Gasteiger partial charge in [0.2, 0.25) is 0 Å². The van der Waals surface area contributed by atoms with Crippen LogP contribution in [0.1, 0.15) is 37.4 Å². The Labute approximate surface area is 92.3 Å². The number of hydrogen-bond donors (Lipinski definition) is 2. The molecule has 0 saturated carbocycles. The average Bonchev–Trinajstić information content (AvgIpc) is 2.21. The normalized spacial score (nSPS) is 14.9. The summed E-state index contributed by atoms with van der Waals surface area (Å²) in [6, 6.07) is 8.90. The molecule has 2 heteroatoms. The Morgan fingerprint density at radius 3 is 2.33 bits per heavy atom. The van der Waals surface area contributed by atoms with Crippen LogP contribution in [-0.2, 0) is 0 Å². The van der Waals surface area contributed by atoms with Gasteiger partial charge in [0.1, 0.15) is 0 Å². The van der Waals surface area contributed by atoms with E-state index in [0.717, 1.165) is 6.42 Å². The van der Waals surface area contributed by atoms with Crippen LogP contribution >= 0.6 is 0 Å². The molecule has 2 N–H and O–H groups in total. The highest BCUT2D eigenvalue weighted by molar-refractivity contribution is 5.24. The third-order valence-electron chi connectivity index (χ3n) is 2.55. The standard InChI is InChI=1S/C13H21NO/c1-4-13(14-9-11(3)15)12-7-5-10(2)6-8-12/h5-8,11,13-15H,4,9H2,1-3H3/t11-,13-/m0/s1. The summed E-state index contributed by atoms with van der Waals surface area (Å²) in [5, 5.41) is 12.6. The first-order valence-corrected chi connectivity index (χ1v) is 5.61. The number of aliphatic hydroxyl groups excluding tert-OH is 1. The lowest BCUT2D eigenvalue weighted by atomic mass is 10.0. The first-order valence-electron chi connectivity index (χ1n) is 5.61. The maximum absolute atomic E-state index is 9.23. The van der Waals surface area contributed by atoms with Gasteiger partial charge in [-0.25, -0.2) is 0 Å². The molecule has 1 rings (SSSR count). The van der Waals surface area contributed by atoms with Crippen LogP contribution in [0.5, 0.6) is 0 Å². The van der Waals surface area contributed by atoms with Crippen LogP contribution in [0.3, 0.4) is 0 Å². The molecule has 0 amide bonds. The number of nitrogens with one attached hydrogen (secondary N) is 1. The number of aliphatic hydroxyl groups is 1. The lowest BCUT2D eigenvalue weighted by Crippen LogP contribution is -2.28. The van der Waals surface area contributed by atoms with Crippen molar-refractivity contribution in [3.63, 3.8) is 0 Å².